The first-order valence-electron chi connectivity index (χ1n) is 37.2. The van der Waals surface area contributed by atoms with Gasteiger partial charge < -0.3 is 18.3 Å². The highest BCUT2D eigenvalue weighted by Gasteiger charge is 2.25. The molecule has 0 N–H and O–H groups in total. The van der Waals surface area contributed by atoms with E-state index in [9.17, 15) is 0 Å². The van der Waals surface area contributed by atoms with Crippen molar-refractivity contribution in [3.05, 3.63) is 376 Å². The van der Waals surface area contributed by atoms with Crippen molar-refractivity contribution >= 4 is 182 Å². The fourth-order valence-electron chi connectivity index (χ4n) is 17.9. The number of nitrogens with zero attached hydrogens (tertiary/aromatic N) is 4. The van der Waals surface area contributed by atoms with Gasteiger partial charge in [-0.25, -0.2) is 0 Å². The smallest absolute Gasteiger partial charge is 0.0547 e. The van der Waals surface area contributed by atoms with Crippen LogP contribution in [0.2, 0.25) is 0 Å². The third-order valence-corrected chi connectivity index (χ3v) is 26.3. The first-order valence-corrected chi connectivity index (χ1v) is 39.6. The summed E-state index contributed by atoms with van der Waals surface area (Å²) in [7, 11) is 0. The number of thiophene rings is 3. The maximum absolute atomic E-state index is 2.51. The number of hydrogen-bond donors (Lipinski definition) is 0. The van der Waals surface area contributed by atoms with Crippen molar-refractivity contribution in [3.63, 3.8) is 0 Å². The summed E-state index contributed by atoms with van der Waals surface area (Å²) in [6.45, 7) is 0. The zero-order valence-corrected chi connectivity index (χ0v) is 61.3. The SMILES string of the molecule is c1ccc(-c2cc(-n3c4ccccc4c4c(-c5ccc6c(c5)c5ccccc5n6-c5ccccc5)cccc43)cc3c2sc2ccccc23)cc1.c1ccc(-n2c3ccccc3c3ccc(-c4cccc5c4c4ccccc4n5-c4cc(-c5cccc6c5sc5ccccc56)c5sc6ccccc6c5c4)cc32)cc1. The Morgan fingerprint density at radius 2 is 0.505 bits per heavy atom. The van der Waals surface area contributed by atoms with Crippen LogP contribution in [0.1, 0.15) is 0 Å². The zero-order valence-electron chi connectivity index (χ0n) is 58.8. The van der Waals surface area contributed by atoms with E-state index in [1.165, 1.54) is 215 Å². The maximum atomic E-state index is 2.51. The van der Waals surface area contributed by atoms with Crippen molar-refractivity contribution in [2.24, 2.45) is 0 Å². The lowest BCUT2D eigenvalue weighted by Gasteiger charge is -2.13. The Hall–Kier alpha value is -13.4. The first-order chi connectivity index (χ1) is 54.1. The second-order valence-corrected chi connectivity index (χ2v) is 31.7. The highest BCUT2D eigenvalue weighted by Crippen LogP contribution is 2.50. The molecule has 4 nitrogen and oxygen atoms in total. The number of benzene rings is 17. The highest BCUT2D eigenvalue weighted by atomic mass is 32.1. The molecule has 109 heavy (non-hydrogen) atoms. The summed E-state index contributed by atoms with van der Waals surface area (Å²) < 4.78 is 17.7. The molecule has 0 amide bonds. The van der Waals surface area contributed by atoms with Crippen molar-refractivity contribution < 1.29 is 0 Å². The van der Waals surface area contributed by atoms with Gasteiger partial charge in [-0.15, -0.1) is 34.0 Å². The topological polar surface area (TPSA) is 19.7 Å². The number of fused-ring (bicyclic) bond motifs is 21. The van der Waals surface area contributed by atoms with Crippen molar-refractivity contribution in [1.29, 1.82) is 0 Å². The molecule has 7 heterocycles. The summed E-state index contributed by atoms with van der Waals surface area (Å²) in [6, 6.07) is 138. The van der Waals surface area contributed by atoms with Gasteiger partial charge in [0.15, 0.2) is 0 Å². The summed E-state index contributed by atoms with van der Waals surface area (Å²) >= 11 is 5.70. The van der Waals surface area contributed by atoms with E-state index in [-0.39, 0.29) is 0 Å². The largest absolute Gasteiger partial charge is 0.309 e. The van der Waals surface area contributed by atoms with E-state index in [2.05, 4.69) is 394 Å². The van der Waals surface area contributed by atoms with Gasteiger partial charge in [0.1, 0.15) is 0 Å². The van der Waals surface area contributed by atoms with Crippen molar-refractivity contribution in [3.8, 4) is 67.3 Å². The predicted molar refractivity (Wildman–Crippen MR) is 471 cm³/mol. The molecule has 0 aliphatic heterocycles. The van der Waals surface area contributed by atoms with Crippen LogP contribution >= 0.6 is 34.0 Å². The predicted octanol–water partition coefficient (Wildman–Crippen LogP) is 29.5. The molecule has 0 saturated carbocycles. The van der Waals surface area contributed by atoms with Crippen LogP contribution in [0.3, 0.4) is 0 Å². The third kappa shape index (κ3) is 9.54. The molecule has 24 aromatic rings. The van der Waals surface area contributed by atoms with Crippen LogP contribution in [0.25, 0.3) is 215 Å². The van der Waals surface area contributed by atoms with Gasteiger partial charge in [-0.05, 0) is 149 Å². The summed E-state index contributed by atoms with van der Waals surface area (Å²) in [5.74, 6) is 0. The fourth-order valence-corrected chi connectivity index (χ4v) is 21.6. The molecule has 0 spiro atoms. The van der Waals surface area contributed by atoms with E-state index in [4.69, 9.17) is 0 Å². The van der Waals surface area contributed by atoms with Crippen molar-refractivity contribution in [1.82, 2.24) is 18.3 Å². The Morgan fingerprint density at radius 1 is 0.156 bits per heavy atom. The molecular weight excluding hydrogens is 1380 g/mol. The van der Waals surface area contributed by atoms with Crippen molar-refractivity contribution in [2.75, 3.05) is 0 Å². The second kappa shape index (κ2) is 24.6. The lowest BCUT2D eigenvalue weighted by molar-refractivity contribution is 1.18. The van der Waals surface area contributed by atoms with Gasteiger partial charge in [-0.1, -0.05) is 255 Å². The lowest BCUT2D eigenvalue weighted by atomic mass is 9.98. The monoisotopic (exact) mass is 1440 g/mol. The quantitative estimate of drug-likeness (QED) is 0.144. The molecule has 0 aliphatic carbocycles. The van der Waals surface area contributed by atoms with Gasteiger partial charge in [0.2, 0.25) is 0 Å². The zero-order chi connectivity index (χ0) is 71.4. The molecule has 0 saturated heterocycles. The molecule has 0 fully saturated rings. The average molecular weight is 1440 g/mol. The molecule has 0 bridgehead atoms. The highest BCUT2D eigenvalue weighted by molar-refractivity contribution is 7.27. The van der Waals surface area contributed by atoms with E-state index in [0.29, 0.717) is 0 Å². The standard InChI is InChI=1S/C54H32N2S2.C48H30N2S/c1-2-14-34(15-3-1)55-46-23-8-4-16-37(46)38-29-28-33(30-49(38)55)36-20-13-25-48-52(36)43-19-5-9-24-47(43)56(48)35-31-44-40-18-7-11-27-51(40)58-54(44)45(32-35)42-22-12-21-41-39-17-6-10-26-50(39)57-53(41)42;1-3-14-31(15-4-1)39-29-34(30-41-37-19-9-12-25-46(37)51-48(39)41)50-43-23-11-8-20-38(43)47-35(21-13-24-45(47)50)32-26-27-44-40(28-32)36-18-7-10-22-42(36)49(44)33-16-5-2-6-17-33/h1-32H;1-30H. The van der Waals surface area contributed by atoms with Crippen LogP contribution in [0.15, 0.2) is 376 Å². The van der Waals surface area contributed by atoms with Gasteiger partial charge >= 0.3 is 0 Å². The normalized spacial score (nSPS) is 12.0. The van der Waals surface area contributed by atoms with E-state index in [0.717, 1.165) is 0 Å². The van der Waals surface area contributed by atoms with Crippen LogP contribution in [0.4, 0.5) is 0 Å². The summed E-state index contributed by atoms with van der Waals surface area (Å²) in [5, 5.41) is 17.9. The Morgan fingerprint density at radius 3 is 1.06 bits per heavy atom. The Bertz CT molecular complexity index is 7850. The minimum Gasteiger partial charge on any atom is -0.309 e. The minimum atomic E-state index is 1.17. The Kier molecular flexibility index (Phi) is 14.0. The van der Waals surface area contributed by atoms with Gasteiger partial charge in [0.25, 0.3) is 0 Å². The minimum absolute atomic E-state index is 1.17. The Balaban J connectivity index is 0.000000132. The molecule has 17 aromatic carbocycles. The van der Waals surface area contributed by atoms with Crippen LogP contribution in [-0.4, -0.2) is 18.3 Å². The van der Waals surface area contributed by atoms with E-state index >= 15 is 0 Å². The second-order valence-electron chi connectivity index (χ2n) is 28.5. The lowest BCUT2D eigenvalue weighted by Crippen LogP contribution is -1.95. The van der Waals surface area contributed by atoms with E-state index < -0.39 is 0 Å². The van der Waals surface area contributed by atoms with Crippen LogP contribution in [-0.2, 0) is 0 Å². The van der Waals surface area contributed by atoms with E-state index in [1.807, 2.05) is 34.0 Å². The maximum Gasteiger partial charge on any atom is 0.0547 e. The molecule has 0 atom stereocenters. The van der Waals surface area contributed by atoms with E-state index in [1.54, 1.807) is 0 Å². The summed E-state index contributed by atoms with van der Waals surface area (Å²) in [6.07, 6.45) is 0. The molecule has 7 heteroatoms. The average Bonchev–Trinajstić information content (AvgIpc) is 1.57. The van der Waals surface area contributed by atoms with Gasteiger partial charge in [-0.2, -0.15) is 0 Å². The molecular formula is C102H62N4S3. The van der Waals surface area contributed by atoms with Crippen LogP contribution in [0, 0.1) is 0 Å². The first kappa shape index (κ1) is 61.9. The third-order valence-electron chi connectivity index (χ3n) is 22.6. The molecule has 7 aromatic heterocycles. The van der Waals surface area contributed by atoms with Crippen molar-refractivity contribution in [2.45, 2.75) is 0 Å². The van der Waals surface area contributed by atoms with Gasteiger partial charge in [-0.3, -0.25) is 0 Å². The summed E-state index contributed by atoms with van der Waals surface area (Å²) in [5.41, 5.74) is 24.3. The van der Waals surface area contributed by atoms with Crippen LogP contribution in [0.5, 0.6) is 0 Å². The molecule has 508 valence electrons. The number of aromatic nitrogens is 4. The Labute approximate surface area is 638 Å². The number of rotatable bonds is 8. The molecule has 24 rings (SSSR count). The number of hydrogen-bond acceptors (Lipinski definition) is 3. The van der Waals surface area contributed by atoms with Gasteiger partial charge in [0, 0.05) is 143 Å². The summed E-state index contributed by atoms with van der Waals surface area (Å²) in [4.78, 5) is 0. The van der Waals surface area contributed by atoms with Crippen LogP contribution < -0.4 is 0 Å². The van der Waals surface area contributed by atoms with Gasteiger partial charge in [0.05, 0.1) is 44.1 Å². The molecule has 0 aliphatic rings. The molecule has 0 unspecified atom stereocenters. The number of para-hydroxylation sites is 6. The molecule has 0 radical (unpaired) electrons. The fraction of sp³-hybridized carbons (Fsp3) is 0.